The van der Waals surface area contributed by atoms with E-state index in [4.69, 9.17) is 20.4 Å². The Morgan fingerprint density at radius 2 is 0.377 bits per heavy atom. The van der Waals surface area contributed by atoms with E-state index in [0.717, 1.165) is 0 Å². The average molecular weight is 1140 g/mol. The fourth-order valence-corrected chi connectivity index (χ4v) is 10.0. The number of hydrogen-bond donors (Lipinski definition) is 28. The zero-order chi connectivity index (χ0) is 54.3. The van der Waals surface area contributed by atoms with Crippen LogP contribution in [0.5, 0.6) is 0 Å². The van der Waals surface area contributed by atoms with E-state index in [1.807, 2.05) is 0 Å². The molecule has 0 aromatic heterocycles. The Morgan fingerprint density at radius 3 is 0.507 bits per heavy atom. The summed E-state index contributed by atoms with van der Waals surface area (Å²) in [6.45, 7) is -5.41. The standard InChI is InChI=1S/4C8H16O9.Sn/c4*9-1-2(10)3(11)4(12)5(13)6(14)7(15)8(16)17;/h4*2-7,9-15H,1H2,(H,16,17);/q;;;;+4/p-4. The molecule has 24 atom stereocenters. The van der Waals surface area contributed by atoms with Crippen LogP contribution in [-0.2, 0) is 31.5 Å². The summed E-state index contributed by atoms with van der Waals surface area (Å²) >= 11 is -8.60. The fourth-order valence-electron chi connectivity index (χ4n) is 5.12. The maximum absolute atomic E-state index is 13.4. The Kier molecular flexibility index (Phi) is 28.9. The first kappa shape index (κ1) is 66.6. The molecule has 0 aromatic rings. The van der Waals surface area contributed by atoms with Gasteiger partial charge in [0.25, 0.3) is 0 Å². The summed E-state index contributed by atoms with van der Waals surface area (Å²) < 4.78 is 18.1. The molecule has 37 heteroatoms. The van der Waals surface area contributed by atoms with Gasteiger partial charge in [-0.1, -0.05) is 0 Å². The molecule has 0 bridgehead atoms. The first-order valence-corrected chi connectivity index (χ1v) is 24.0. The van der Waals surface area contributed by atoms with E-state index in [2.05, 4.69) is 12.3 Å². The molecule has 69 heavy (non-hydrogen) atoms. The van der Waals surface area contributed by atoms with Gasteiger partial charge in [-0.2, -0.15) is 0 Å². The molecular formula is C32H60O36Sn. The number of carbonyl (C=O) groups is 4. The van der Waals surface area contributed by atoms with Crippen LogP contribution >= 0.6 is 0 Å². The van der Waals surface area contributed by atoms with Gasteiger partial charge in [-0.25, -0.2) is 0 Å². The second kappa shape index (κ2) is 29.9. The molecule has 0 aromatic carbocycles. The van der Waals surface area contributed by atoms with Crippen LogP contribution in [0.4, 0.5) is 0 Å². The molecule has 0 radical (unpaired) electrons. The molecule has 0 heterocycles. The third kappa shape index (κ3) is 17.9. The summed E-state index contributed by atoms with van der Waals surface area (Å²) in [4.78, 5) is 53.5. The molecule has 0 rings (SSSR count). The molecular weight excluding hydrogens is 1080 g/mol. The van der Waals surface area contributed by atoms with Gasteiger partial charge in [0.05, 0.1) is 0 Å². The predicted molar refractivity (Wildman–Crippen MR) is 203 cm³/mol. The second-order valence-corrected chi connectivity index (χ2v) is 20.0. The Bertz CT molecular complexity index is 1330. The third-order valence-corrected chi connectivity index (χ3v) is 14.8. The first-order chi connectivity index (χ1) is 31.7. The molecule has 0 spiro atoms. The molecule has 0 aliphatic heterocycles. The summed E-state index contributed by atoms with van der Waals surface area (Å²) in [5.74, 6) is -11.2. The van der Waals surface area contributed by atoms with Crippen molar-refractivity contribution in [1.29, 1.82) is 0 Å². The number of aliphatic hydroxyl groups is 28. The van der Waals surface area contributed by atoms with Crippen molar-refractivity contribution in [3.63, 3.8) is 0 Å². The Labute approximate surface area is 390 Å². The van der Waals surface area contributed by atoms with Crippen LogP contribution in [0, 0.1) is 0 Å². The summed E-state index contributed by atoms with van der Waals surface area (Å²) in [7, 11) is 0. The zero-order valence-electron chi connectivity index (χ0n) is 35.0. The number of rotatable bonds is 32. The number of hydrogen-bond acceptors (Lipinski definition) is 36. The van der Waals surface area contributed by atoms with Crippen LogP contribution in [-0.4, -0.2) is 360 Å². The van der Waals surface area contributed by atoms with Gasteiger partial charge in [0.1, 0.15) is 0 Å². The van der Waals surface area contributed by atoms with Crippen molar-refractivity contribution in [1.82, 2.24) is 0 Å². The van der Waals surface area contributed by atoms with Gasteiger partial charge < -0.3 is 0 Å². The summed E-state index contributed by atoms with van der Waals surface area (Å²) in [6.07, 6.45) is -71.0. The van der Waals surface area contributed by atoms with Gasteiger partial charge in [-0.15, -0.1) is 0 Å². The second-order valence-electron chi connectivity index (χ2n) is 14.8. The first-order valence-electron chi connectivity index (χ1n) is 19.4. The molecule has 36 nitrogen and oxygen atoms in total. The van der Waals surface area contributed by atoms with Crippen LogP contribution < -0.4 is 0 Å². The van der Waals surface area contributed by atoms with Crippen LogP contribution in [0.25, 0.3) is 0 Å². The molecule has 0 saturated heterocycles. The Balaban J connectivity index is 7.84. The fraction of sp³-hybridized carbons (Fsp3) is 0.875. The van der Waals surface area contributed by atoms with Crippen molar-refractivity contribution in [3.8, 4) is 0 Å². The van der Waals surface area contributed by atoms with Gasteiger partial charge >= 0.3 is 391 Å². The van der Waals surface area contributed by atoms with E-state index in [1.165, 1.54) is 0 Å². The maximum atomic E-state index is 13.4. The third-order valence-electron chi connectivity index (χ3n) is 9.69. The van der Waals surface area contributed by atoms with Crippen molar-refractivity contribution >= 4 is 43.9 Å². The van der Waals surface area contributed by atoms with Crippen molar-refractivity contribution in [3.05, 3.63) is 0 Å². The van der Waals surface area contributed by atoms with E-state index in [-0.39, 0.29) is 0 Å². The van der Waals surface area contributed by atoms with E-state index < -0.39 is 217 Å². The normalized spacial score (nSPS) is 23.7. The minimum absolute atomic E-state index is 1.35. The van der Waals surface area contributed by atoms with E-state index in [0.29, 0.717) is 0 Å². The summed E-state index contributed by atoms with van der Waals surface area (Å²) in [6, 6.07) is 0. The van der Waals surface area contributed by atoms with Gasteiger partial charge in [0.2, 0.25) is 0 Å². The van der Waals surface area contributed by atoms with Crippen molar-refractivity contribution in [2.45, 2.75) is 146 Å². The van der Waals surface area contributed by atoms with Crippen LogP contribution in [0.1, 0.15) is 0 Å². The van der Waals surface area contributed by atoms with Gasteiger partial charge in [-0.3, -0.25) is 0 Å². The number of carbonyl (C=O) groups excluding carboxylic acids is 4. The van der Waals surface area contributed by atoms with Crippen LogP contribution in [0.3, 0.4) is 0 Å². The van der Waals surface area contributed by atoms with E-state index in [9.17, 15) is 142 Å². The average Bonchev–Trinajstić information content (AvgIpc) is 3.34. The van der Waals surface area contributed by atoms with Crippen molar-refractivity contribution in [2.75, 3.05) is 26.4 Å². The van der Waals surface area contributed by atoms with Gasteiger partial charge in [-0.05, 0) is 0 Å². The zero-order valence-corrected chi connectivity index (χ0v) is 37.8. The molecule has 28 N–H and O–H groups in total. The van der Waals surface area contributed by atoms with Gasteiger partial charge in [0.15, 0.2) is 0 Å². The van der Waals surface area contributed by atoms with E-state index in [1.54, 1.807) is 0 Å². The quantitative estimate of drug-likeness (QED) is 0.0278. The predicted octanol–water partition coefficient (Wildman–Crippen LogP) is -19.8. The van der Waals surface area contributed by atoms with Crippen molar-refractivity contribution in [2.24, 2.45) is 0 Å². The molecule has 0 aliphatic rings. The summed E-state index contributed by atoms with van der Waals surface area (Å²) in [5, 5.41) is 280. The Morgan fingerprint density at radius 1 is 0.246 bits per heavy atom. The van der Waals surface area contributed by atoms with E-state index >= 15 is 0 Å². The van der Waals surface area contributed by atoms with Crippen LogP contribution in [0.15, 0.2) is 0 Å². The SMILES string of the molecule is O=C([O][Sn]([O]C(=O)C(O)C(O)C(O)C(O)C(O)C(O)CO)([O]C(=O)C(O)C(O)C(O)C(O)C(O)C(O)CO)[O]C(=O)C(O)C(O)C(O)C(O)C(O)C(O)CO)C(O)C(O)C(O)C(O)C(O)C(O)CO. The molecule has 408 valence electrons. The monoisotopic (exact) mass is 1140 g/mol. The molecule has 0 saturated carbocycles. The number of aliphatic hydroxyl groups excluding tert-OH is 28. The van der Waals surface area contributed by atoms with Crippen molar-refractivity contribution < 1.29 is 174 Å². The molecule has 0 fully saturated rings. The topological polar surface area (TPSA) is 672 Å². The molecule has 0 amide bonds. The summed E-state index contributed by atoms with van der Waals surface area (Å²) in [5.41, 5.74) is 0. The molecule has 24 unspecified atom stereocenters. The van der Waals surface area contributed by atoms with Crippen LogP contribution in [0.2, 0.25) is 0 Å². The Hall–Kier alpha value is -2.44. The minimum atomic E-state index is -8.60. The molecule has 0 aliphatic carbocycles. The van der Waals surface area contributed by atoms with Gasteiger partial charge in [0, 0.05) is 0 Å².